The lowest BCUT2D eigenvalue weighted by Crippen LogP contribution is -2.48. The fraction of sp³-hybridized carbons (Fsp3) is 0.467. The first-order valence-corrected chi connectivity index (χ1v) is 7.56. The van der Waals surface area contributed by atoms with Gasteiger partial charge in [0.15, 0.2) is 11.6 Å². The standard InChI is InChI=1S/C15H20N6O2/c1-12-5-6-21(18-12)14-4-3-13(16-17-14)20-9-7-19(8-10-20)11-15(22)23-2/h3-6H,7-11H2,1-2H3. The molecule has 8 heteroatoms. The minimum Gasteiger partial charge on any atom is -0.468 e. The summed E-state index contributed by atoms with van der Waals surface area (Å²) in [7, 11) is 1.41. The molecule has 2 aromatic heterocycles. The van der Waals surface area contributed by atoms with Crippen LogP contribution in [0.4, 0.5) is 5.82 Å². The van der Waals surface area contributed by atoms with Crippen LogP contribution in [0.1, 0.15) is 5.69 Å². The van der Waals surface area contributed by atoms with Gasteiger partial charge in [-0.1, -0.05) is 0 Å². The van der Waals surface area contributed by atoms with E-state index in [4.69, 9.17) is 4.74 Å². The average molecular weight is 316 g/mol. The third-order valence-corrected chi connectivity index (χ3v) is 3.87. The van der Waals surface area contributed by atoms with Gasteiger partial charge in [0.25, 0.3) is 0 Å². The molecule has 3 heterocycles. The Morgan fingerprint density at radius 1 is 1.13 bits per heavy atom. The van der Waals surface area contributed by atoms with Gasteiger partial charge in [-0.2, -0.15) is 5.10 Å². The van der Waals surface area contributed by atoms with E-state index in [1.165, 1.54) is 7.11 Å². The van der Waals surface area contributed by atoms with Crippen molar-refractivity contribution in [1.29, 1.82) is 0 Å². The van der Waals surface area contributed by atoms with Crippen LogP contribution in [0, 0.1) is 6.92 Å². The zero-order valence-corrected chi connectivity index (χ0v) is 13.3. The number of ether oxygens (including phenoxy) is 1. The fourth-order valence-electron chi connectivity index (χ4n) is 2.53. The van der Waals surface area contributed by atoms with Gasteiger partial charge in [-0.15, -0.1) is 10.2 Å². The molecule has 1 aliphatic rings. The van der Waals surface area contributed by atoms with E-state index in [0.29, 0.717) is 12.4 Å². The number of rotatable bonds is 4. The minimum absolute atomic E-state index is 0.197. The van der Waals surface area contributed by atoms with E-state index in [1.807, 2.05) is 31.3 Å². The lowest BCUT2D eigenvalue weighted by atomic mass is 10.3. The van der Waals surface area contributed by atoms with Gasteiger partial charge in [-0.25, -0.2) is 4.68 Å². The Labute approximate surface area is 134 Å². The normalized spacial score (nSPS) is 15.7. The first-order chi connectivity index (χ1) is 11.2. The molecule has 1 aliphatic heterocycles. The van der Waals surface area contributed by atoms with E-state index in [9.17, 15) is 4.79 Å². The van der Waals surface area contributed by atoms with Gasteiger partial charge in [0.1, 0.15) is 0 Å². The van der Waals surface area contributed by atoms with E-state index in [1.54, 1.807) is 4.68 Å². The van der Waals surface area contributed by atoms with E-state index in [-0.39, 0.29) is 5.97 Å². The molecular formula is C15H20N6O2. The van der Waals surface area contributed by atoms with Crippen LogP contribution in [0.2, 0.25) is 0 Å². The maximum Gasteiger partial charge on any atom is 0.319 e. The summed E-state index contributed by atoms with van der Waals surface area (Å²) in [5.41, 5.74) is 0.942. The maximum absolute atomic E-state index is 11.3. The lowest BCUT2D eigenvalue weighted by Gasteiger charge is -2.34. The van der Waals surface area contributed by atoms with Crippen molar-refractivity contribution in [3.63, 3.8) is 0 Å². The summed E-state index contributed by atoms with van der Waals surface area (Å²) >= 11 is 0. The minimum atomic E-state index is -0.197. The molecule has 0 amide bonds. The number of esters is 1. The summed E-state index contributed by atoms with van der Waals surface area (Å²) in [6.45, 7) is 5.51. The average Bonchev–Trinajstić information content (AvgIpc) is 3.02. The number of aromatic nitrogens is 4. The largest absolute Gasteiger partial charge is 0.468 e. The predicted octanol–water partition coefficient (Wildman–Crippen LogP) is 0.266. The monoisotopic (exact) mass is 316 g/mol. The first-order valence-electron chi connectivity index (χ1n) is 7.56. The van der Waals surface area contributed by atoms with Crippen LogP contribution in [0.25, 0.3) is 5.82 Å². The van der Waals surface area contributed by atoms with Crippen LogP contribution >= 0.6 is 0 Å². The number of methoxy groups -OCH3 is 1. The van der Waals surface area contributed by atoms with Crippen molar-refractivity contribution < 1.29 is 9.53 Å². The second kappa shape index (κ2) is 6.74. The Morgan fingerprint density at radius 3 is 2.39 bits per heavy atom. The fourth-order valence-corrected chi connectivity index (χ4v) is 2.53. The molecule has 1 saturated heterocycles. The molecule has 1 fully saturated rings. The van der Waals surface area contributed by atoms with Gasteiger partial charge in [-0.05, 0) is 25.1 Å². The Morgan fingerprint density at radius 2 is 1.83 bits per heavy atom. The number of anilines is 1. The van der Waals surface area contributed by atoms with Crippen molar-refractivity contribution in [3.8, 4) is 5.82 Å². The molecule has 0 bridgehead atoms. The van der Waals surface area contributed by atoms with Crippen LogP contribution < -0.4 is 4.90 Å². The summed E-state index contributed by atoms with van der Waals surface area (Å²) in [5.74, 6) is 1.35. The van der Waals surface area contributed by atoms with Gasteiger partial charge in [0.05, 0.1) is 19.3 Å². The molecule has 0 radical (unpaired) electrons. The van der Waals surface area contributed by atoms with Crippen LogP contribution in [0.3, 0.4) is 0 Å². The zero-order valence-electron chi connectivity index (χ0n) is 13.3. The molecule has 0 atom stereocenters. The van der Waals surface area contributed by atoms with E-state index < -0.39 is 0 Å². The number of nitrogens with zero attached hydrogens (tertiary/aromatic N) is 6. The number of hydrogen-bond acceptors (Lipinski definition) is 7. The lowest BCUT2D eigenvalue weighted by molar-refractivity contribution is -0.142. The number of carbonyl (C=O) groups excluding carboxylic acids is 1. The Balaban J connectivity index is 1.59. The smallest absolute Gasteiger partial charge is 0.319 e. The quantitative estimate of drug-likeness (QED) is 0.749. The molecule has 0 spiro atoms. The summed E-state index contributed by atoms with van der Waals surface area (Å²) in [6.07, 6.45) is 1.87. The van der Waals surface area contributed by atoms with Crippen LogP contribution in [-0.2, 0) is 9.53 Å². The molecule has 3 rings (SSSR count). The highest BCUT2D eigenvalue weighted by atomic mass is 16.5. The predicted molar refractivity (Wildman–Crippen MR) is 84.6 cm³/mol. The molecule has 0 unspecified atom stereocenters. The molecule has 0 N–H and O–H groups in total. The van der Waals surface area contributed by atoms with Crippen molar-refractivity contribution in [3.05, 3.63) is 30.1 Å². The van der Waals surface area contributed by atoms with Crippen LogP contribution in [-0.4, -0.2) is 70.7 Å². The molecule has 23 heavy (non-hydrogen) atoms. The van der Waals surface area contributed by atoms with Gasteiger partial charge >= 0.3 is 5.97 Å². The molecule has 0 saturated carbocycles. The zero-order chi connectivity index (χ0) is 16.2. The Kier molecular flexibility index (Phi) is 4.52. The Bertz CT molecular complexity index is 661. The topological polar surface area (TPSA) is 76.4 Å². The van der Waals surface area contributed by atoms with Crippen molar-refractivity contribution in [1.82, 2.24) is 24.9 Å². The van der Waals surface area contributed by atoms with Crippen LogP contribution in [0.5, 0.6) is 0 Å². The van der Waals surface area contributed by atoms with Gasteiger partial charge in [-0.3, -0.25) is 9.69 Å². The number of hydrogen-bond donors (Lipinski definition) is 0. The summed E-state index contributed by atoms with van der Waals surface area (Å²) in [4.78, 5) is 15.5. The van der Waals surface area contributed by atoms with Crippen molar-refractivity contribution in [2.75, 3.05) is 44.7 Å². The third-order valence-electron chi connectivity index (χ3n) is 3.87. The van der Waals surface area contributed by atoms with Crippen molar-refractivity contribution in [2.45, 2.75) is 6.92 Å². The van der Waals surface area contributed by atoms with Gasteiger partial charge in [0.2, 0.25) is 0 Å². The molecule has 0 aromatic carbocycles. The van der Waals surface area contributed by atoms with E-state index in [2.05, 4.69) is 25.1 Å². The summed E-state index contributed by atoms with van der Waals surface area (Å²) < 4.78 is 6.41. The maximum atomic E-state index is 11.3. The third kappa shape index (κ3) is 3.65. The van der Waals surface area contributed by atoms with Gasteiger partial charge in [0, 0.05) is 32.4 Å². The highest BCUT2D eigenvalue weighted by Gasteiger charge is 2.20. The molecule has 2 aromatic rings. The SMILES string of the molecule is COC(=O)CN1CCN(c2ccc(-n3ccc(C)n3)nn2)CC1. The van der Waals surface area contributed by atoms with E-state index in [0.717, 1.165) is 37.7 Å². The van der Waals surface area contributed by atoms with E-state index >= 15 is 0 Å². The molecule has 122 valence electrons. The second-order valence-corrected chi connectivity index (χ2v) is 5.49. The number of aryl methyl sites for hydroxylation is 1. The summed E-state index contributed by atoms with van der Waals surface area (Å²) in [5, 5.41) is 12.9. The molecule has 0 aliphatic carbocycles. The highest BCUT2D eigenvalue weighted by molar-refractivity contribution is 5.71. The van der Waals surface area contributed by atoms with Crippen LogP contribution in [0.15, 0.2) is 24.4 Å². The Hall–Kier alpha value is -2.48. The molecular weight excluding hydrogens is 296 g/mol. The first kappa shape index (κ1) is 15.4. The second-order valence-electron chi connectivity index (χ2n) is 5.49. The summed E-state index contributed by atoms with van der Waals surface area (Å²) in [6, 6.07) is 5.79. The molecule has 8 nitrogen and oxygen atoms in total. The number of piperazine rings is 1. The van der Waals surface area contributed by atoms with Gasteiger partial charge < -0.3 is 9.64 Å². The number of carbonyl (C=O) groups is 1. The van der Waals surface area contributed by atoms with Crippen molar-refractivity contribution in [2.24, 2.45) is 0 Å². The van der Waals surface area contributed by atoms with Crippen molar-refractivity contribution >= 4 is 11.8 Å². The highest BCUT2D eigenvalue weighted by Crippen LogP contribution is 2.14.